The van der Waals surface area contributed by atoms with E-state index in [4.69, 9.17) is 14.7 Å². The van der Waals surface area contributed by atoms with Crippen molar-refractivity contribution in [3.63, 3.8) is 0 Å². The van der Waals surface area contributed by atoms with Crippen LogP contribution in [0.4, 0.5) is 0 Å². The molecule has 1 aromatic carbocycles. The molecular formula is C15H20N2O4S. The maximum absolute atomic E-state index is 12.0. The van der Waals surface area contributed by atoms with Gasteiger partial charge in [0.05, 0.1) is 29.2 Å². The number of rotatable bonds is 8. The number of nitrogens with zero attached hydrogens (tertiary/aromatic N) is 1. The van der Waals surface area contributed by atoms with E-state index in [-0.39, 0.29) is 11.0 Å². The minimum atomic E-state index is -3.53. The molecule has 1 aliphatic rings. The van der Waals surface area contributed by atoms with Gasteiger partial charge in [-0.1, -0.05) is 0 Å². The summed E-state index contributed by atoms with van der Waals surface area (Å²) in [6, 6.07) is 7.77. The lowest BCUT2D eigenvalue weighted by Gasteiger charge is -2.10. The largest absolute Gasteiger partial charge is 0.379 e. The molecule has 22 heavy (non-hydrogen) atoms. The summed E-state index contributed by atoms with van der Waals surface area (Å²) in [7, 11) is -3.53. The number of nitriles is 1. The number of hydrogen-bond acceptors (Lipinski definition) is 5. The maximum Gasteiger partial charge on any atom is 0.240 e. The van der Waals surface area contributed by atoms with E-state index < -0.39 is 10.0 Å². The van der Waals surface area contributed by atoms with Gasteiger partial charge in [0.25, 0.3) is 0 Å². The summed E-state index contributed by atoms with van der Waals surface area (Å²) in [5.74, 6) is 0. The first-order chi connectivity index (χ1) is 10.6. The van der Waals surface area contributed by atoms with Crippen molar-refractivity contribution in [1.29, 1.82) is 5.26 Å². The van der Waals surface area contributed by atoms with Crippen molar-refractivity contribution in [3.05, 3.63) is 29.8 Å². The fraction of sp³-hybridized carbons (Fsp3) is 0.533. The highest BCUT2D eigenvalue weighted by Crippen LogP contribution is 2.12. The van der Waals surface area contributed by atoms with Crippen LogP contribution in [0.15, 0.2) is 29.2 Å². The van der Waals surface area contributed by atoms with Gasteiger partial charge in [-0.2, -0.15) is 5.26 Å². The van der Waals surface area contributed by atoms with Crippen LogP contribution in [0.1, 0.15) is 24.8 Å². The van der Waals surface area contributed by atoms with Crippen LogP contribution in [-0.4, -0.2) is 40.9 Å². The number of hydrogen-bond donors (Lipinski definition) is 1. The molecule has 1 N–H and O–H groups in total. The summed E-state index contributed by atoms with van der Waals surface area (Å²) >= 11 is 0. The summed E-state index contributed by atoms with van der Waals surface area (Å²) in [4.78, 5) is 0.159. The predicted octanol–water partition coefficient (Wildman–Crippen LogP) is 1.42. The van der Waals surface area contributed by atoms with Crippen LogP contribution in [0.5, 0.6) is 0 Å². The molecule has 0 bridgehead atoms. The molecule has 6 nitrogen and oxygen atoms in total. The Balaban J connectivity index is 1.67. The van der Waals surface area contributed by atoms with Gasteiger partial charge in [-0.3, -0.25) is 0 Å². The summed E-state index contributed by atoms with van der Waals surface area (Å²) in [5.41, 5.74) is 0.432. The predicted molar refractivity (Wildman–Crippen MR) is 80.8 cm³/mol. The Labute approximate surface area is 131 Å². The van der Waals surface area contributed by atoms with Crippen molar-refractivity contribution in [2.75, 3.05) is 26.4 Å². The summed E-state index contributed by atoms with van der Waals surface area (Å²) in [6.07, 6.45) is 2.90. The Morgan fingerprint density at radius 3 is 2.77 bits per heavy atom. The van der Waals surface area contributed by atoms with Crippen molar-refractivity contribution < 1.29 is 17.9 Å². The first-order valence-electron chi connectivity index (χ1n) is 7.31. The average molecular weight is 324 g/mol. The number of sulfonamides is 1. The van der Waals surface area contributed by atoms with E-state index in [1.807, 2.05) is 6.07 Å². The third-order valence-electron chi connectivity index (χ3n) is 3.38. The molecule has 0 radical (unpaired) electrons. The molecule has 1 fully saturated rings. The van der Waals surface area contributed by atoms with Crippen molar-refractivity contribution >= 4 is 10.0 Å². The normalized spacial score (nSPS) is 18.2. The van der Waals surface area contributed by atoms with E-state index in [0.29, 0.717) is 31.7 Å². The second-order valence-corrected chi connectivity index (χ2v) is 6.86. The van der Waals surface area contributed by atoms with Crippen LogP contribution in [0, 0.1) is 11.3 Å². The van der Waals surface area contributed by atoms with Gasteiger partial charge in [0.2, 0.25) is 10.0 Å². The average Bonchev–Trinajstić information content (AvgIpc) is 3.04. The van der Waals surface area contributed by atoms with Crippen molar-refractivity contribution in [3.8, 4) is 6.07 Å². The highest BCUT2D eigenvalue weighted by Gasteiger charge is 2.15. The third kappa shape index (κ3) is 5.07. The zero-order valence-corrected chi connectivity index (χ0v) is 13.1. The van der Waals surface area contributed by atoms with Gasteiger partial charge in [-0.15, -0.1) is 0 Å². The first-order valence-corrected chi connectivity index (χ1v) is 8.79. The molecule has 1 unspecified atom stereocenters. The first kappa shape index (κ1) is 16.9. The van der Waals surface area contributed by atoms with Crippen LogP contribution in [0.25, 0.3) is 0 Å². The van der Waals surface area contributed by atoms with Crippen LogP contribution in [0.2, 0.25) is 0 Å². The zero-order valence-electron chi connectivity index (χ0n) is 12.3. The Kier molecular flexibility index (Phi) is 6.34. The van der Waals surface area contributed by atoms with E-state index in [1.54, 1.807) is 0 Å². The second kappa shape index (κ2) is 8.25. The molecule has 0 aliphatic carbocycles. The molecule has 7 heteroatoms. The molecule has 1 aromatic rings. The van der Waals surface area contributed by atoms with E-state index in [0.717, 1.165) is 19.4 Å². The highest BCUT2D eigenvalue weighted by atomic mass is 32.2. The Morgan fingerprint density at radius 1 is 1.36 bits per heavy atom. The van der Waals surface area contributed by atoms with Crippen molar-refractivity contribution in [2.24, 2.45) is 0 Å². The van der Waals surface area contributed by atoms with E-state index in [2.05, 4.69) is 4.72 Å². The minimum Gasteiger partial charge on any atom is -0.379 e. The van der Waals surface area contributed by atoms with E-state index in [9.17, 15) is 8.42 Å². The Hall–Kier alpha value is -1.46. The van der Waals surface area contributed by atoms with Crippen molar-refractivity contribution in [2.45, 2.75) is 30.3 Å². The fourth-order valence-corrected chi connectivity index (χ4v) is 3.24. The molecule has 0 saturated carbocycles. The molecule has 1 saturated heterocycles. The molecule has 0 spiro atoms. The quantitative estimate of drug-likeness (QED) is 0.731. The molecule has 1 heterocycles. The van der Waals surface area contributed by atoms with Gasteiger partial charge in [-0.05, 0) is 43.5 Å². The number of nitrogens with one attached hydrogen (secondary N) is 1. The van der Waals surface area contributed by atoms with Gasteiger partial charge >= 0.3 is 0 Å². The van der Waals surface area contributed by atoms with Gasteiger partial charge < -0.3 is 9.47 Å². The summed E-state index contributed by atoms with van der Waals surface area (Å²) in [6.45, 7) is 2.18. The summed E-state index contributed by atoms with van der Waals surface area (Å²) < 4.78 is 37.5. The Bertz CT molecular complexity index is 601. The minimum absolute atomic E-state index is 0.159. The van der Waals surface area contributed by atoms with E-state index >= 15 is 0 Å². The standard InChI is InChI=1S/C15H20N2O4S/c16-11-13-4-6-15(7-5-13)22(18,19)17-8-2-9-20-12-14-3-1-10-21-14/h4-7,14,17H,1-3,8-10,12H2. The van der Waals surface area contributed by atoms with Crippen LogP contribution in [-0.2, 0) is 19.5 Å². The van der Waals surface area contributed by atoms with Crippen LogP contribution < -0.4 is 4.72 Å². The maximum atomic E-state index is 12.0. The van der Waals surface area contributed by atoms with Gasteiger partial charge in [-0.25, -0.2) is 13.1 Å². The molecule has 0 amide bonds. The van der Waals surface area contributed by atoms with Gasteiger partial charge in [0, 0.05) is 19.8 Å². The molecule has 1 aliphatic heterocycles. The van der Waals surface area contributed by atoms with E-state index in [1.165, 1.54) is 24.3 Å². The SMILES string of the molecule is N#Cc1ccc(S(=O)(=O)NCCCOCC2CCCO2)cc1. The topological polar surface area (TPSA) is 88.4 Å². The van der Waals surface area contributed by atoms with Gasteiger partial charge in [0.15, 0.2) is 0 Å². The Morgan fingerprint density at radius 2 is 2.14 bits per heavy atom. The lowest BCUT2D eigenvalue weighted by molar-refractivity contribution is 0.0169. The fourth-order valence-electron chi connectivity index (χ4n) is 2.16. The van der Waals surface area contributed by atoms with Crippen LogP contribution in [0.3, 0.4) is 0 Å². The molecule has 2 rings (SSSR count). The monoisotopic (exact) mass is 324 g/mol. The zero-order chi connectivity index (χ0) is 15.8. The molecule has 1 atom stereocenters. The van der Waals surface area contributed by atoms with Gasteiger partial charge in [0.1, 0.15) is 0 Å². The molecule has 120 valence electrons. The molecular weight excluding hydrogens is 304 g/mol. The molecule has 0 aromatic heterocycles. The number of benzene rings is 1. The summed E-state index contributed by atoms with van der Waals surface area (Å²) in [5, 5.41) is 8.70. The lowest BCUT2D eigenvalue weighted by atomic mass is 10.2. The second-order valence-electron chi connectivity index (χ2n) is 5.10. The highest BCUT2D eigenvalue weighted by molar-refractivity contribution is 7.89. The lowest BCUT2D eigenvalue weighted by Crippen LogP contribution is -2.26. The van der Waals surface area contributed by atoms with Crippen LogP contribution >= 0.6 is 0 Å². The van der Waals surface area contributed by atoms with Crippen molar-refractivity contribution in [1.82, 2.24) is 4.72 Å². The smallest absolute Gasteiger partial charge is 0.240 e. The number of ether oxygens (including phenoxy) is 2. The third-order valence-corrected chi connectivity index (χ3v) is 4.86.